The second-order valence-corrected chi connectivity index (χ2v) is 4.41. The van der Waals surface area contributed by atoms with Crippen molar-refractivity contribution in [3.8, 4) is 17.6 Å². The Bertz CT molecular complexity index is 507. The molecule has 5 heteroatoms. The van der Waals surface area contributed by atoms with Gasteiger partial charge in [-0.2, -0.15) is 5.26 Å². The Kier molecular flexibility index (Phi) is 4.24. The van der Waals surface area contributed by atoms with E-state index < -0.39 is 11.9 Å². The first-order chi connectivity index (χ1) is 9.22. The SMILES string of the molecule is N#CCCCCC(C(=O)O)c1ccc2c(c1)OCO2. The molecule has 1 N–H and O–H groups in total. The standard InChI is InChI=1S/C14H15NO4/c15-7-3-1-2-4-11(14(16)17)10-5-6-12-13(8-10)19-9-18-12/h5-6,8,11H,1-4,9H2,(H,16,17). The Balaban J connectivity index is 2.06. The molecule has 1 aliphatic heterocycles. The van der Waals surface area contributed by atoms with E-state index in [1.54, 1.807) is 18.2 Å². The van der Waals surface area contributed by atoms with Gasteiger partial charge in [0.15, 0.2) is 11.5 Å². The van der Waals surface area contributed by atoms with Crippen LogP contribution in [0.15, 0.2) is 18.2 Å². The summed E-state index contributed by atoms with van der Waals surface area (Å²) in [6.07, 6.45) is 2.44. The quantitative estimate of drug-likeness (QED) is 0.796. The van der Waals surface area contributed by atoms with Crippen molar-refractivity contribution < 1.29 is 19.4 Å². The molecule has 0 aromatic heterocycles. The number of nitrogens with zero attached hydrogens (tertiary/aromatic N) is 1. The van der Waals surface area contributed by atoms with Gasteiger partial charge in [0.25, 0.3) is 0 Å². The summed E-state index contributed by atoms with van der Waals surface area (Å²) in [5.41, 5.74) is 0.716. The van der Waals surface area contributed by atoms with Gasteiger partial charge < -0.3 is 14.6 Å². The number of fused-ring (bicyclic) bond motifs is 1. The highest BCUT2D eigenvalue weighted by molar-refractivity contribution is 5.76. The van der Waals surface area contributed by atoms with E-state index in [0.29, 0.717) is 29.9 Å². The normalized spacial score (nSPS) is 13.8. The van der Waals surface area contributed by atoms with Gasteiger partial charge in [0.05, 0.1) is 12.0 Å². The van der Waals surface area contributed by atoms with E-state index in [2.05, 4.69) is 6.07 Å². The third-order valence-electron chi connectivity index (χ3n) is 3.13. The molecular weight excluding hydrogens is 246 g/mol. The van der Waals surface area contributed by atoms with Crippen LogP contribution in [-0.4, -0.2) is 17.9 Å². The fraction of sp³-hybridized carbons (Fsp3) is 0.429. The average molecular weight is 261 g/mol. The van der Waals surface area contributed by atoms with Gasteiger partial charge in [-0.05, 0) is 30.5 Å². The number of benzene rings is 1. The van der Waals surface area contributed by atoms with Crippen molar-refractivity contribution in [2.75, 3.05) is 6.79 Å². The van der Waals surface area contributed by atoms with Crippen LogP contribution in [-0.2, 0) is 4.79 Å². The van der Waals surface area contributed by atoms with Gasteiger partial charge in [-0.25, -0.2) is 0 Å². The van der Waals surface area contributed by atoms with Crippen molar-refractivity contribution in [3.63, 3.8) is 0 Å². The molecule has 1 heterocycles. The van der Waals surface area contributed by atoms with Crippen molar-refractivity contribution >= 4 is 5.97 Å². The predicted molar refractivity (Wildman–Crippen MR) is 67.0 cm³/mol. The maximum atomic E-state index is 11.3. The highest BCUT2D eigenvalue weighted by atomic mass is 16.7. The Labute approximate surface area is 111 Å². The Morgan fingerprint density at radius 3 is 2.89 bits per heavy atom. The van der Waals surface area contributed by atoms with Gasteiger partial charge in [-0.1, -0.05) is 12.5 Å². The van der Waals surface area contributed by atoms with E-state index in [1.807, 2.05) is 0 Å². The van der Waals surface area contributed by atoms with Crippen LogP contribution >= 0.6 is 0 Å². The molecule has 1 atom stereocenters. The van der Waals surface area contributed by atoms with Crippen molar-refractivity contribution in [3.05, 3.63) is 23.8 Å². The Hall–Kier alpha value is -2.22. The molecular formula is C14H15NO4. The fourth-order valence-corrected chi connectivity index (χ4v) is 2.12. The summed E-state index contributed by atoms with van der Waals surface area (Å²) < 4.78 is 10.5. The largest absolute Gasteiger partial charge is 0.481 e. The number of carbonyl (C=O) groups is 1. The predicted octanol–water partition coefficient (Wildman–Crippen LogP) is 2.67. The molecule has 1 aromatic rings. The van der Waals surface area contributed by atoms with Crippen LogP contribution in [0.2, 0.25) is 0 Å². The van der Waals surface area contributed by atoms with Crippen LogP contribution in [0.4, 0.5) is 0 Å². The third-order valence-corrected chi connectivity index (χ3v) is 3.13. The first kappa shape index (κ1) is 13.2. The molecule has 0 bridgehead atoms. The number of nitriles is 1. The minimum absolute atomic E-state index is 0.179. The van der Waals surface area contributed by atoms with Crippen LogP contribution < -0.4 is 9.47 Å². The van der Waals surface area contributed by atoms with Gasteiger partial charge >= 0.3 is 5.97 Å². The zero-order chi connectivity index (χ0) is 13.7. The summed E-state index contributed by atoms with van der Waals surface area (Å²) >= 11 is 0. The second kappa shape index (κ2) is 6.10. The van der Waals surface area contributed by atoms with Crippen LogP contribution in [0.5, 0.6) is 11.5 Å². The maximum absolute atomic E-state index is 11.3. The monoisotopic (exact) mass is 261 g/mol. The lowest BCUT2D eigenvalue weighted by Crippen LogP contribution is -2.11. The minimum atomic E-state index is -0.851. The summed E-state index contributed by atoms with van der Waals surface area (Å²) in [6.45, 7) is 0.179. The van der Waals surface area contributed by atoms with Crippen LogP contribution in [0.3, 0.4) is 0 Å². The number of ether oxygens (including phenoxy) is 2. The van der Waals surface area contributed by atoms with E-state index in [4.69, 9.17) is 14.7 Å². The molecule has 1 unspecified atom stereocenters. The highest BCUT2D eigenvalue weighted by Gasteiger charge is 2.22. The fourth-order valence-electron chi connectivity index (χ4n) is 2.12. The van der Waals surface area contributed by atoms with E-state index in [0.717, 1.165) is 12.8 Å². The molecule has 1 aliphatic rings. The van der Waals surface area contributed by atoms with E-state index in [-0.39, 0.29) is 6.79 Å². The summed E-state index contributed by atoms with van der Waals surface area (Å²) in [5.74, 6) is -0.165. The Morgan fingerprint density at radius 1 is 1.37 bits per heavy atom. The van der Waals surface area contributed by atoms with Gasteiger partial charge in [-0.3, -0.25) is 4.79 Å². The van der Waals surface area contributed by atoms with Gasteiger partial charge in [0.1, 0.15) is 0 Å². The molecule has 0 radical (unpaired) electrons. The van der Waals surface area contributed by atoms with Gasteiger partial charge in [0, 0.05) is 6.42 Å². The molecule has 0 spiro atoms. The van der Waals surface area contributed by atoms with Crippen molar-refractivity contribution in [2.45, 2.75) is 31.6 Å². The lowest BCUT2D eigenvalue weighted by molar-refractivity contribution is -0.139. The number of carboxylic acid groups (broad SMARTS) is 1. The molecule has 0 fully saturated rings. The molecule has 0 saturated heterocycles. The third kappa shape index (κ3) is 3.16. The zero-order valence-electron chi connectivity index (χ0n) is 10.5. The van der Waals surface area contributed by atoms with Crippen molar-refractivity contribution in [2.24, 2.45) is 0 Å². The van der Waals surface area contributed by atoms with E-state index >= 15 is 0 Å². The van der Waals surface area contributed by atoms with E-state index in [9.17, 15) is 9.90 Å². The van der Waals surface area contributed by atoms with Crippen LogP contribution in [0.25, 0.3) is 0 Å². The number of unbranched alkanes of at least 4 members (excludes halogenated alkanes) is 2. The molecule has 0 saturated carbocycles. The smallest absolute Gasteiger partial charge is 0.310 e. The average Bonchev–Trinajstić information content (AvgIpc) is 2.85. The second-order valence-electron chi connectivity index (χ2n) is 4.41. The van der Waals surface area contributed by atoms with Gasteiger partial charge in [0.2, 0.25) is 6.79 Å². The molecule has 2 rings (SSSR count). The van der Waals surface area contributed by atoms with Crippen LogP contribution in [0.1, 0.15) is 37.2 Å². The number of hydrogen-bond acceptors (Lipinski definition) is 4. The maximum Gasteiger partial charge on any atom is 0.310 e. The van der Waals surface area contributed by atoms with Gasteiger partial charge in [-0.15, -0.1) is 0 Å². The number of aliphatic carboxylic acids is 1. The van der Waals surface area contributed by atoms with E-state index in [1.165, 1.54) is 0 Å². The molecule has 19 heavy (non-hydrogen) atoms. The minimum Gasteiger partial charge on any atom is -0.481 e. The lowest BCUT2D eigenvalue weighted by atomic mass is 9.93. The molecule has 0 amide bonds. The summed E-state index contributed by atoms with van der Waals surface area (Å²) in [6, 6.07) is 7.29. The molecule has 5 nitrogen and oxygen atoms in total. The van der Waals surface area contributed by atoms with Crippen LogP contribution in [0, 0.1) is 11.3 Å². The first-order valence-corrected chi connectivity index (χ1v) is 6.21. The summed E-state index contributed by atoms with van der Waals surface area (Å²) in [5, 5.41) is 17.8. The summed E-state index contributed by atoms with van der Waals surface area (Å²) in [4.78, 5) is 11.3. The number of carboxylic acids is 1. The lowest BCUT2D eigenvalue weighted by Gasteiger charge is -2.12. The van der Waals surface area contributed by atoms with Crippen molar-refractivity contribution in [1.29, 1.82) is 5.26 Å². The number of hydrogen-bond donors (Lipinski definition) is 1. The topological polar surface area (TPSA) is 79.6 Å². The molecule has 1 aromatic carbocycles. The Morgan fingerprint density at radius 2 is 2.16 bits per heavy atom. The molecule has 0 aliphatic carbocycles. The first-order valence-electron chi connectivity index (χ1n) is 6.21. The highest BCUT2D eigenvalue weighted by Crippen LogP contribution is 2.35. The summed E-state index contributed by atoms with van der Waals surface area (Å²) in [7, 11) is 0. The molecule has 100 valence electrons. The number of rotatable bonds is 6. The van der Waals surface area contributed by atoms with Crippen molar-refractivity contribution in [1.82, 2.24) is 0 Å². The zero-order valence-corrected chi connectivity index (χ0v) is 10.5.